The number of rotatable bonds is 7. The molecule has 4 rings (SSSR count). The Kier molecular flexibility index (Phi) is 6.13. The summed E-state index contributed by atoms with van der Waals surface area (Å²) in [6, 6.07) is 23.6. The molecule has 0 fully saturated rings. The van der Waals surface area contributed by atoms with E-state index >= 15 is 0 Å². The second-order valence-corrected chi connectivity index (χ2v) is 7.57. The highest BCUT2D eigenvalue weighted by molar-refractivity contribution is 6.04. The van der Waals surface area contributed by atoms with E-state index in [9.17, 15) is 4.79 Å². The Labute approximate surface area is 182 Å². The van der Waals surface area contributed by atoms with Crippen molar-refractivity contribution < 1.29 is 9.53 Å². The predicted molar refractivity (Wildman–Crippen MR) is 122 cm³/mol. The fraction of sp³-hybridized carbons (Fsp3) is 0.154. The van der Waals surface area contributed by atoms with Gasteiger partial charge in [-0.25, -0.2) is 0 Å². The zero-order chi connectivity index (χ0) is 21.6. The second kappa shape index (κ2) is 9.30. The summed E-state index contributed by atoms with van der Waals surface area (Å²) >= 11 is 0. The summed E-state index contributed by atoms with van der Waals surface area (Å²) in [4.78, 5) is 12.6. The SMILES string of the molecule is Cc1cccc(C)c1OCc1ccc(C(=O)Nc2cnn(Cc3ccccc3)c2)cc1. The number of nitrogens with one attached hydrogen (secondary N) is 1. The molecule has 0 aliphatic heterocycles. The second-order valence-electron chi connectivity index (χ2n) is 7.57. The number of amides is 1. The van der Waals surface area contributed by atoms with E-state index in [0.717, 1.165) is 28.0 Å². The van der Waals surface area contributed by atoms with Crippen LogP contribution in [0.15, 0.2) is 85.2 Å². The molecule has 0 saturated heterocycles. The van der Waals surface area contributed by atoms with Crippen LogP contribution in [-0.2, 0) is 13.2 Å². The van der Waals surface area contributed by atoms with E-state index in [2.05, 4.69) is 10.4 Å². The van der Waals surface area contributed by atoms with Gasteiger partial charge in [-0.2, -0.15) is 5.10 Å². The molecule has 1 N–H and O–H groups in total. The van der Waals surface area contributed by atoms with Crippen LogP contribution in [0.25, 0.3) is 0 Å². The van der Waals surface area contributed by atoms with E-state index in [1.54, 1.807) is 10.9 Å². The molecule has 5 nitrogen and oxygen atoms in total. The van der Waals surface area contributed by atoms with E-state index in [4.69, 9.17) is 4.74 Å². The molecule has 1 aromatic heterocycles. The van der Waals surface area contributed by atoms with Crippen LogP contribution in [-0.4, -0.2) is 15.7 Å². The number of anilines is 1. The largest absolute Gasteiger partial charge is 0.488 e. The van der Waals surface area contributed by atoms with Crippen LogP contribution in [0.1, 0.15) is 32.6 Å². The Balaban J connectivity index is 1.34. The third kappa shape index (κ3) is 5.20. The number of carbonyl (C=O) groups is 1. The summed E-state index contributed by atoms with van der Waals surface area (Å²) in [6.07, 6.45) is 3.49. The lowest BCUT2D eigenvalue weighted by Gasteiger charge is -2.12. The van der Waals surface area contributed by atoms with Crippen molar-refractivity contribution in [1.82, 2.24) is 9.78 Å². The number of hydrogen-bond acceptors (Lipinski definition) is 3. The van der Waals surface area contributed by atoms with Crippen molar-refractivity contribution in [2.24, 2.45) is 0 Å². The minimum absolute atomic E-state index is 0.165. The molecule has 1 heterocycles. The first-order chi connectivity index (χ1) is 15.1. The summed E-state index contributed by atoms with van der Waals surface area (Å²) in [5, 5.41) is 7.23. The van der Waals surface area contributed by atoms with Crippen LogP contribution in [0.5, 0.6) is 5.75 Å². The van der Waals surface area contributed by atoms with Crippen molar-refractivity contribution in [1.29, 1.82) is 0 Å². The van der Waals surface area contributed by atoms with Gasteiger partial charge in [0.25, 0.3) is 5.91 Å². The van der Waals surface area contributed by atoms with Gasteiger partial charge in [-0.15, -0.1) is 0 Å². The van der Waals surface area contributed by atoms with Crippen LogP contribution in [0, 0.1) is 13.8 Å². The molecular weight excluding hydrogens is 386 g/mol. The molecule has 4 aromatic rings. The fourth-order valence-electron chi connectivity index (χ4n) is 3.42. The topological polar surface area (TPSA) is 56.1 Å². The molecular formula is C26H25N3O2. The van der Waals surface area contributed by atoms with Crippen molar-refractivity contribution >= 4 is 11.6 Å². The number of para-hydroxylation sites is 1. The highest BCUT2D eigenvalue weighted by Gasteiger charge is 2.09. The first kappa shape index (κ1) is 20.4. The number of ether oxygens (including phenoxy) is 1. The first-order valence-electron chi connectivity index (χ1n) is 10.2. The van der Waals surface area contributed by atoms with Gasteiger partial charge in [-0.1, -0.05) is 60.7 Å². The van der Waals surface area contributed by atoms with Gasteiger partial charge in [0.05, 0.1) is 18.4 Å². The molecule has 0 atom stereocenters. The Morgan fingerprint density at radius 3 is 2.32 bits per heavy atom. The van der Waals surface area contributed by atoms with E-state index in [1.807, 2.05) is 92.8 Å². The molecule has 0 radical (unpaired) electrons. The van der Waals surface area contributed by atoms with Gasteiger partial charge < -0.3 is 10.1 Å². The standard InChI is InChI=1S/C26H25N3O2/c1-19-7-6-8-20(2)25(19)31-18-22-11-13-23(14-12-22)26(30)28-24-15-27-29(17-24)16-21-9-4-3-5-10-21/h3-15,17H,16,18H2,1-2H3,(H,28,30). The summed E-state index contributed by atoms with van der Waals surface area (Å²) in [7, 11) is 0. The summed E-state index contributed by atoms with van der Waals surface area (Å²) in [6.45, 7) is 5.20. The molecule has 1 amide bonds. The number of hydrogen-bond donors (Lipinski definition) is 1. The van der Waals surface area contributed by atoms with Crippen LogP contribution >= 0.6 is 0 Å². The van der Waals surface area contributed by atoms with E-state index < -0.39 is 0 Å². The first-order valence-corrected chi connectivity index (χ1v) is 10.2. The lowest BCUT2D eigenvalue weighted by molar-refractivity contribution is 0.102. The molecule has 156 valence electrons. The average Bonchev–Trinajstić information content (AvgIpc) is 3.21. The van der Waals surface area contributed by atoms with Gasteiger partial charge in [0.2, 0.25) is 0 Å². The predicted octanol–water partition coefficient (Wildman–Crippen LogP) is 5.38. The smallest absolute Gasteiger partial charge is 0.255 e. The number of benzene rings is 3. The highest BCUT2D eigenvalue weighted by Crippen LogP contribution is 2.23. The van der Waals surface area contributed by atoms with Gasteiger partial charge in [0, 0.05) is 11.8 Å². The van der Waals surface area contributed by atoms with E-state index in [-0.39, 0.29) is 5.91 Å². The molecule has 0 aliphatic rings. The summed E-state index contributed by atoms with van der Waals surface area (Å²) in [5.41, 5.74) is 5.65. The normalized spacial score (nSPS) is 10.6. The lowest BCUT2D eigenvalue weighted by atomic mass is 10.1. The average molecular weight is 412 g/mol. The third-order valence-corrected chi connectivity index (χ3v) is 5.09. The number of nitrogens with zero attached hydrogens (tertiary/aromatic N) is 2. The Morgan fingerprint density at radius 1 is 0.903 bits per heavy atom. The fourth-order valence-corrected chi connectivity index (χ4v) is 3.42. The lowest BCUT2D eigenvalue weighted by Crippen LogP contribution is -2.11. The minimum atomic E-state index is -0.165. The van der Waals surface area contributed by atoms with Crippen LogP contribution < -0.4 is 10.1 Å². The molecule has 31 heavy (non-hydrogen) atoms. The summed E-state index contributed by atoms with van der Waals surface area (Å²) in [5.74, 6) is 0.748. The molecule has 0 saturated carbocycles. The Hall–Kier alpha value is -3.86. The maximum Gasteiger partial charge on any atom is 0.255 e. The zero-order valence-corrected chi connectivity index (χ0v) is 17.7. The van der Waals surface area contributed by atoms with Crippen LogP contribution in [0.4, 0.5) is 5.69 Å². The van der Waals surface area contributed by atoms with Gasteiger partial charge in [0.15, 0.2) is 0 Å². The van der Waals surface area contributed by atoms with Crippen molar-refractivity contribution in [3.8, 4) is 5.75 Å². The third-order valence-electron chi connectivity index (χ3n) is 5.09. The quantitative estimate of drug-likeness (QED) is 0.444. The van der Waals surface area contributed by atoms with Crippen molar-refractivity contribution in [3.63, 3.8) is 0 Å². The highest BCUT2D eigenvalue weighted by atomic mass is 16.5. The Bertz CT molecular complexity index is 1140. The number of carbonyl (C=O) groups excluding carboxylic acids is 1. The summed E-state index contributed by atoms with van der Waals surface area (Å²) < 4.78 is 7.79. The van der Waals surface area contributed by atoms with E-state index in [1.165, 1.54) is 0 Å². The molecule has 0 aliphatic carbocycles. The molecule has 0 bridgehead atoms. The van der Waals surface area contributed by atoms with Crippen molar-refractivity contribution in [2.45, 2.75) is 27.0 Å². The monoisotopic (exact) mass is 411 g/mol. The Morgan fingerprint density at radius 2 is 1.61 bits per heavy atom. The number of aromatic nitrogens is 2. The maximum atomic E-state index is 12.6. The zero-order valence-electron chi connectivity index (χ0n) is 17.7. The molecule has 0 spiro atoms. The van der Waals surface area contributed by atoms with E-state index in [0.29, 0.717) is 24.4 Å². The van der Waals surface area contributed by atoms with Crippen molar-refractivity contribution in [2.75, 3.05) is 5.32 Å². The van der Waals surface area contributed by atoms with Gasteiger partial charge in [0.1, 0.15) is 12.4 Å². The maximum absolute atomic E-state index is 12.6. The minimum Gasteiger partial charge on any atom is -0.488 e. The van der Waals surface area contributed by atoms with Crippen molar-refractivity contribution in [3.05, 3.63) is 113 Å². The molecule has 0 unspecified atom stereocenters. The number of aryl methyl sites for hydroxylation is 2. The van der Waals surface area contributed by atoms with Gasteiger partial charge in [-0.05, 0) is 48.2 Å². The van der Waals surface area contributed by atoms with Crippen LogP contribution in [0.2, 0.25) is 0 Å². The van der Waals surface area contributed by atoms with Gasteiger partial charge >= 0.3 is 0 Å². The van der Waals surface area contributed by atoms with Gasteiger partial charge in [-0.3, -0.25) is 9.48 Å². The van der Waals surface area contributed by atoms with Crippen LogP contribution in [0.3, 0.4) is 0 Å². The molecule has 3 aromatic carbocycles. The molecule has 5 heteroatoms.